The molecule has 1 unspecified atom stereocenters. The van der Waals surface area contributed by atoms with Crippen molar-refractivity contribution < 1.29 is 23.8 Å². The standard InChI is InChI=1S/C29H36N2O5/c1-3-4-15-34-26-12-8-22(9-13-26)29(33)36-27-10-5-21(6-11-27)7-14-28(32)35-19-20(2)23-16-24(30)18-25(31)17-23/h3,5-7,10-11,14,16-18,20,22,26H,1,4,8-9,12-13,15,19,30-31H2,2H3. The number of benzene rings is 2. The van der Waals surface area contributed by atoms with E-state index in [9.17, 15) is 9.59 Å². The minimum absolute atomic E-state index is 0.0399. The van der Waals surface area contributed by atoms with E-state index in [0.717, 1.165) is 43.2 Å². The number of carbonyl (C=O) groups is 2. The fourth-order valence-corrected chi connectivity index (χ4v) is 4.13. The highest BCUT2D eigenvalue weighted by Crippen LogP contribution is 2.28. The molecule has 1 atom stereocenters. The summed E-state index contributed by atoms with van der Waals surface area (Å²) in [5.74, 6) is -0.313. The lowest BCUT2D eigenvalue weighted by molar-refractivity contribution is -0.141. The number of nitrogens with two attached hydrogens (primary N) is 2. The summed E-state index contributed by atoms with van der Waals surface area (Å²) in [6.45, 7) is 6.53. The number of esters is 2. The van der Waals surface area contributed by atoms with Gasteiger partial charge in [-0.15, -0.1) is 6.58 Å². The summed E-state index contributed by atoms with van der Waals surface area (Å²) in [4.78, 5) is 24.7. The van der Waals surface area contributed by atoms with Gasteiger partial charge in [0, 0.05) is 23.4 Å². The zero-order valence-electron chi connectivity index (χ0n) is 20.9. The van der Waals surface area contributed by atoms with Crippen molar-refractivity contribution in [3.05, 3.63) is 72.3 Å². The fourth-order valence-electron chi connectivity index (χ4n) is 4.13. The first-order valence-electron chi connectivity index (χ1n) is 12.4. The number of ether oxygens (including phenoxy) is 3. The van der Waals surface area contributed by atoms with Crippen molar-refractivity contribution in [2.45, 2.75) is 51.0 Å². The first kappa shape index (κ1) is 27.0. The van der Waals surface area contributed by atoms with E-state index < -0.39 is 5.97 Å². The second-order valence-corrected chi connectivity index (χ2v) is 9.21. The molecule has 1 aliphatic carbocycles. The van der Waals surface area contributed by atoms with Crippen molar-refractivity contribution in [3.63, 3.8) is 0 Å². The topological polar surface area (TPSA) is 114 Å². The van der Waals surface area contributed by atoms with Crippen LogP contribution < -0.4 is 16.2 Å². The Hall–Kier alpha value is -3.58. The largest absolute Gasteiger partial charge is 0.462 e. The molecule has 7 heteroatoms. The maximum atomic E-state index is 12.5. The van der Waals surface area contributed by atoms with Crippen LogP contribution in [0.25, 0.3) is 6.08 Å². The van der Waals surface area contributed by atoms with Gasteiger partial charge in [-0.1, -0.05) is 25.1 Å². The van der Waals surface area contributed by atoms with Gasteiger partial charge in [0.15, 0.2) is 0 Å². The molecule has 0 heterocycles. The highest BCUT2D eigenvalue weighted by atomic mass is 16.5. The Bertz CT molecular complexity index is 1040. The van der Waals surface area contributed by atoms with Crippen molar-refractivity contribution in [1.29, 1.82) is 0 Å². The number of carbonyl (C=O) groups excluding carboxylic acids is 2. The molecule has 0 radical (unpaired) electrons. The van der Waals surface area contributed by atoms with Crippen LogP contribution in [0.2, 0.25) is 0 Å². The maximum absolute atomic E-state index is 12.5. The van der Waals surface area contributed by atoms with Crippen LogP contribution in [0, 0.1) is 5.92 Å². The zero-order valence-corrected chi connectivity index (χ0v) is 20.9. The Kier molecular flexibility index (Phi) is 10.1. The predicted molar refractivity (Wildman–Crippen MR) is 142 cm³/mol. The molecule has 7 nitrogen and oxygen atoms in total. The normalized spacial score (nSPS) is 18.5. The molecule has 1 fully saturated rings. The second kappa shape index (κ2) is 13.5. The van der Waals surface area contributed by atoms with Crippen LogP contribution >= 0.6 is 0 Å². The maximum Gasteiger partial charge on any atom is 0.330 e. The van der Waals surface area contributed by atoms with Crippen molar-refractivity contribution in [2.24, 2.45) is 5.92 Å². The second-order valence-electron chi connectivity index (χ2n) is 9.21. The van der Waals surface area contributed by atoms with E-state index in [1.54, 1.807) is 36.4 Å². The summed E-state index contributed by atoms with van der Waals surface area (Å²) in [6, 6.07) is 12.3. The molecule has 0 saturated heterocycles. The van der Waals surface area contributed by atoms with Gasteiger partial charge < -0.3 is 25.7 Å². The molecule has 36 heavy (non-hydrogen) atoms. The molecule has 0 amide bonds. The number of hydrogen-bond acceptors (Lipinski definition) is 7. The monoisotopic (exact) mass is 492 g/mol. The van der Waals surface area contributed by atoms with Gasteiger partial charge in [0.1, 0.15) is 5.75 Å². The summed E-state index contributed by atoms with van der Waals surface area (Å²) in [7, 11) is 0. The molecular formula is C29H36N2O5. The lowest BCUT2D eigenvalue weighted by atomic mass is 9.87. The highest BCUT2D eigenvalue weighted by molar-refractivity contribution is 5.87. The van der Waals surface area contributed by atoms with Gasteiger partial charge in [0.2, 0.25) is 0 Å². The smallest absolute Gasteiger partial charge is 0.330 e. The third kappa shape index (κ3) is 8.57. The van der Waals surface area contributed by atoms with E-state index in [1.165, 1.54) is 6.08 Å². The molecular weight excluding hydrogens is 456 g/mol. The van der Waals surface area contributed by atoms with E-state index in [4.69, 9.17) is 25.7 Å². The lowest BCUT2D eigenvalue weighted by Gasteiger charge is -2.27. The van der Waals surface area contributed by atoms with Crippen LogP contribution in [-0.4, -0.2) is 31.3 Å². The first-order valence-corrected chi connectivity index (χ1v) is 12.4. The minimum Gasteiger partial charge on any atom is -0.462 e. The van der Waals surface area contributed by atoms with Crippen molar-refractivity contribution >= 4 is 29.4 Å². The summed E-state index contributed by atoms with van der Waals surface area (Å²) in [6.07, 6.45) is 9.19. The molecule has 1 saturated carbocycles. The van der Waals surface area contributed by atoms with Crippen LogP contribution in [-0.2, 0) is 19.1 Å². The fraction of sp³-hybridized carbons (Fsp3) is 0.379. The van der Waals surface area contributed by atoms with Crippen LogP contribution in [0.3, 0.4) is 0 Å². The molecule has 0 bridgehead atoms. The highest BCUT2D eigenvalue weighted by Gasteiger charge is 2.28. The molecule has 1 aliphatic rings. The number of anilines is 2. The van der Waals surface area contributed by atoms with Gasteiger partial charge in [-0.25, -0.2) is 4.79 Å². The molecule has 0 aliphatic heterocycles. The predicted octanol–water partition coefficient (Wildman–Crippen LogP) is 5.27. The SMILES string of the molecule is C=CCCOC1CCC(C(=O)Oc2ccc(C=CC(=O)OCC(C)c3cc(N)cc(N)c3)cc2)CC1. The molecule has 3 rings (SSSR count). The Morgan fingerprint density at radius 1 is 1.06 bits per heavy atom. The molecule has 0 aromatic heterocycles. The Labute approximate surface area is 213 Å². The van der Waals surface area contributed by atoms with Gasteiger partial charge in [-0.3, -0.25) is 4.79 Å². The minimum atomic E-state index is -0.446. The average Bonchev–Trinajstić information content (AvgIpc) is 2.86. The molecule has 4 N–H and O–H groups in total. The molecule has 2 aromatic rings. The Morgan fingerprint density at radius 2 is 1.72 bits per heavy atom. The quantitative estimate of drug-likeness (QED) is 0.110. The van der Waals surface area contributed by atoms with Crippen LogP contribution in [0.5, 0.6) is 5.75 Å². The van der Waals surface area contributed by atoms with E-state index in [1.807, 2.05) is 25.1 Å². The van der Waals surface area contributed by atoms with Crippen molar-refractivity contribution in [2.75, 3.05) is 24.7 Å². The lowest BCUT2D eigenvalue weighted by Crippen LogP contribution is -2.29. The van der Waals surface area contributed by atoms with Gasteiger partial charge >= 0.3 is 11.9 Å². The molecule has 192 valence electrons. The van der Waals surface area contributed by atoms with Crippen LogP contribution in [0.15, 0.2) is 61.2 Å². The first-order chi connectivity index (χ1) is 17.3. The number of hydrogen-bond donors (Lipinski definition) is 2. The Balaban J connectivity index is 1.41. The summed E-state index contributed by atoms with van der Waals surface area (Å²) in [5, 5.41) is 0. The van der Waals surface area contributed by atoms with Gasteiger partial charge in [0.25, 0.3) is 0 Å². The van der Waals surface area contributed by atoms with Crippen molar-refractivity contribution in [1.82, 2.24) is 0 Å². The van der Waals surface area contributed by atoms with Gasteiger partial charge in [-0.2, -0.15) is 0 Å². The summed E-state index contributed by atoms with van der Waals surface area (Å²) >= 11 is 0. The molecule has 0 spiro atoms. The number of rotatable bonds is 11. The Morgan fingerprint density at radius 3 is 2.36 bits per heavy atom. The zero-order chi connectivity index (χ0) is 25.9. The van der Waals surface area contributed by atoms with Gasteiger partial charge in [0.05, 0.1) is 25.2 Å². The van der Waals surface area contributed by atoms with Crippen LogP contribution in [0.4, 0.5) is 11.4 Å². The van der Waals surface area contributed by atoms with Crippen LogP contribution in [0.1, 0.15) is 56.1 Å². The van der Waals surface area contributed by atoms with Gasteiger partial charge in [-0.05, 0) is 79.6 Å². The molecule has 2 aromatic carbocycles. The number of nitrogen functional groups attached to an aromatic ring is 2. The van der Waals surface area contributed by atoms with Crippen molar-refractivity contribution in [3.8, 4) is 5.75 Å². The summed E-state index contributed by atoms with van der Waals surface area (Å²) < 4.78 is 16.7. The third-order valence-electron chi connectivity index (χ3n) is 6.24. The van der Waals surface area contributed by atoms with E-state index in [2.05, 4.69) is 6.58 Å². The summed E-state index contributed by atoms with van der Waals surface area (Å²) in [5.41, 5.74) is 14.5. The van der Waals surface area contributed by atoms with E-state index in [-0.39, 0.29) is 30.5 Å². The third-order valence-corrected chi connectivity index (χ3v) is 6.24. The average molecular weight is 493 g/mol. The van der Waals surface area contributed by atoms with E-state index in [0.29, 0.717) is 23.7 Å². The van der Waals surface area contributed by atoms with E-state index >= 15 is 0 Å².